The van der Waals surface area contributed by atoms with Crippen LogP contribution in [0.3, 0.4) is 0 Å². The molecular formula is C22H22N2O. The van der Waals surface area contributed by atoms with E-state index in [9.17, 15) is 4.79 Å². The van der Waals surface area contributed by atoms with Crippen molar-refractivity contribution in [2.24, 2.45) is 5.10 Å². The molecule has 3 heteroatoms. The van der Waals surface area contributed by atoms with Crippen molar-refractivity contribution in [2.45, 2.75) is 26.7 Å². The van der Waals surface area contributed by atoms with E-state index in [1.165, 1.54) is 5.56 Å². The molecule has 0 atom stereocenters. The summed E-state index contributed by atoms with van der Waals surface area (Å²) < 4.78 is 0. The van der Waals surface area contributed by atoms with Crippen LogP contribution in [0.4, 0.5) is 0 Å². The highest BCUT2D eigenvalue weighted by Gasteiger charge is 2.06. The zero-order chi connectivity index (χ0) is 17.6. The third-order valence-corrected chi connectivity index (χ3v) is 4.36. The maximum absolute atomic E-state index is 12.3. The molecule has 25 heavy (non-hydrogen) atoms. The molecule has 3 aromatic rings. The van der Waals surface area contributed by atoms with Crippen molar-refractivity contribution in [2.75, 3.05) is 0 Å². The topological polar surface area (TPSA) is 41.5 Å². The Bertz CT molecular complexity index is 905. The molecule has 0 saturated carbocycles. The molecule has 1 N–H and O–H groups in total. The fraction of sp³-hybridized carbons (Fsp3) is 0.182. The molecule has 1 amide bonds. The zero-order valence-corrected chi connectivity index (χ0v) is 14.6. The van der Waals surface area contributed by atoms with Gasteiger partial charge in [0.1, 0.15) is 0 Å². The van der Waals surface area contributed by atoms with E-state index >= 15 is 0 Å². The molecule has 0 aliphatic heterocycles. The number of carbonyl (C=O) groups excluding carboxylic acids is 1. The van der Waals surface area contributed by atoms with E-state index in [0.29, 0.717) is 6.42 Å². The van der Waals surface area contributed by atoms with Crippen molar-refractivity contribution in [1.82, 2.24) is 5.43 Å². The van der Waals surface area contributed by atoms with Crippen molar-refractivity contribution in [3.8, 4) is 0 Å². The summed E-state index contributed by atoms with van der Waals surface area (Å²) in [5.41, 5.74) is 6.79. The molecule has 0 radical (unpaired) electrons. The van der Waals surface area contributed by atoms with Gasteiger partial charge >= 0.3 is 0 Å². The first-order valence-electron chi connectivity index (χ1n) is 8.56. The van der Waals surface area contributed by atoms with Crippen molar-refractivity contribution in [3.63, 3.8) is 0 Å². The van der Waals surface area contributed by atoms with Crippen LogP contribution < -0.4 is 5.43 Å². The summed E-state index contributed by atoms with van der Waals surface area (Å²) in [5.74, 6) is -0.110. The molecule has 3 nitrogen and oxygen atoms in total. The summed E-state index contributed by atoms with van der Waals surface area (Å²) in [6, 6.07) is 22.4. The first-order chi connectivity index (χ1) is 12.2. The number of aryl methyl sites for hydroxylation is 1. The van der Waals surface area contributed by atoms with Gasteiger partial charge in [0.2, 0.25) is 5.91 Å². The Kier molecular flexibility index (Phi) is 5.24. The van der Waals surface area contributed by atoms with Crippen LogP contribution >= 0.6 is 0 Å². The zero-order valence-electron chi connectivity index (χ0n) is 14.6. The third kappa shape index (κ3) is 4.13. The highest BCUT2D eigenvalue weighted by molar-refractivity contribution is 5.99. The highest BCUT2D eigenvalue weighted by atomic mass is 16.2. The average molecular weight is 330 g/mol. The largest absolute Gasteiger partial charge is 0.273 e. The number of hydrogen-bond donors (Lipinski definition) is 1. The van der Waals surface area contributed by atoms with Gasteiger partial charge in [-0.1, -0.05) is 73.7 Å². The highest BCUT2D eigenvalue weighted by Crippen LogP contribution is 2.18. The number of carbonyl (C=O) groups is 1. The molecule has 0 bridgehead atoms. The maximum atomic E-state index is 12.3. The van der Waals surface area contributed by atoms with E-state index in [4.69, 9.17) is 0 Å². The Labute approximate surface area is 148 Å². The molecule has 3 rings (SSSR count). The van der Waals surface area contributed by atoms with Gasteiger partial charge in [0, 0.05) is 0 Å². The lowest BCUT2D eigenvalue weighted by atomic mass is 10.0. The van der Waals surface area contributed by atoms with Gasteiger partial charge in [-0.3, -0.25) is 4.79 Å². The standard InChI is InChI=1S/C22H22N2O/c1-3-17-11-13-18(14-12-17)16(2)23-24-22(25)15-20-9-6-8-19-7-4-5-10-21(19)20/h4-14H,3,15H2,1-2H3,(H,24,25). The second kappa shape index (κ2) is 7.75. The molecular weight excluding hydrogens is 308 g/mol. The van der Waals surface area contributed by atoms with Gasteiger partial charge in [-0.15, -0.1) is 0 Å². The predicted molar refractivity (Wildman–Crippen MR) is 104 cm³/mol. The van der Waals surface area contributed by atoms with Crippen molar-refractivity contribution >= 4 is 22.4 Å². The van der Waals surface area contributed by atoms with Gasteiger partial charge in [-0.05, 0) is 40.8 Å². The Morgan fingerprint density at radius 1 is 0.960 bits per heavy atom. The van der Waals surface area contributed by atoms with E-state index < -0.39 is 0 Å². The third-order valence-electron chi connectivity index (χ3n) is 4.36. The molecule has 0 aromatic heterocycles. The van der Waals surface area contributed by atoms with Crippen LogP contribution in [-0.4, -0.2) is 11.6 Å². The lowest BCUT2D eigenvalue weighted by Crippen LogP contribution is -2.21. The predicted octanol–water partition coefficient (Wildman–Crippen LogP) is 4.49. The Balaban J connectivity index is 1.69. The minimum atomic E-state index is -0.110. The van der Waals surface area contributed by atoms with Crippen LogP contribution in [0.1, 0.15) is 30.5 Å². The second-order valence-corrected chi connectivity index (χ2v) is 6.10. The van der Waals surface area contributed by atoms with E-state index in [-0.39, 0.29) is 5.91 Å². The molecule has 0 fully saturated rings. The Hall–Kier alpha value is -2.94. The first-order valence-corrected chi connectivity index (χ1v) is 8.56. The number of amides is 1. The van der Waals surface area contributed by atoms with Crippen LogP contribution in [0.15, 0.2) is 71.8 Å². The maximum Gasteiger partial charge on any atom is 0.244 e. The van der Waals surface area contributed by atoms with Gasteiger partial charge in [-0.25, -0.2) is 5.43 Å². The number of nitrogens with one attached hydrogen (secondary N) is 1. The quantitative estimate of drug-likeness (QED) is 0.544. The number of hydrogen-bond acceptors (Lipinski definition) is 2. The van der Waals surface area contributed by atoms with Crippen molar-refractivity contribution < 1.29 is 4.79 Å². The van der Waals surface area contributed by atoms with Gasteiger partial charge in [0.05, 0.1) is 12.1 Å². The monoisotopic (exact) mass is 330 g/mol. The van der Waals surface area contributed by atoms with E-state index in [1.54, 1.807) is 0 Å². The summed E-state index contributed by atoms with van der Waals surface area (Å²) in [6.07, 6.45) is 1.32. The molecule has 0 aliphatic rings. The minimum Gasteiger partial charge on any atom is -0.273 e. The lowest BCUT2D eigenvalue weighted by molar-refractivity contribution is -0.120. The Morgan fingerprint density at radius 3 is 2.44 bits per heavy atom. The van der Waals surface area contributed by atoms with Gasteiger partial charge in [0.25, 0.3) is 0 Å². The normalized spacial score (nSPS) is 11.5. The molecule has 0 heterocycles. The van der Waals surface area contributed by atoms with Crippen LogP contribution in [0.25, 0.3) is 10.8 Å². The number of fused-ring (bicyclic) bond motifs is 1. The minimum absolute atomic E-state index is 0.110. The summed E-state index contributed by atoms with van der Waals surface area (Å²) in [4.78, 5) is 12.3. The summed E-state index contributed by atoms with van der Waals surface area (Å²) in [7, 11) is 0. The smallest absolute Gasteiger partial charge is 0.244 e. The van der Waals surface area contributed by atoms with Crippen LogP contribution in [0.2, 0.25) is 0 Å². The number of benzene rings is 3. The van der Waals surface area contributed by atoms with E-state index in [0.717, 1.165) is 34.0 Å². The van der Waals surface area contributed by atoms with Crippen molar-refractivity contribution in [3.05, 3.63) is 83.4 Å². The average Bonchev–Trinajstić information content (AvgIpc) is 2.66. The van der Waals surface area contributed by atoms with E-state index in [1.807, 2.05) is 49.4 Å². The molecule has 126 valence electrons. The van der Waals surface area contributed by atoms with Crippen molar-refractivity contribution in [1.29, 1.82) is 0 Å². The SMILES string of the molecule is CCc1ccc(C(C)=NNC(=O)Cc2cccc3ccccc23)cc1. The van der Waals surface area contributed by atoms with Gasteiger partial charge < -0.3 is 0 Å². The molecule has 0 saturated heterocycles. The lowest BCUT2D eigenvalue weighted by Gasteiger charge is -2.07. The summed E-state index contributed by atoms with van der Waals surface area (Å²) >= 11 is 0. The van der Waals surface area contributed by atoms with Gasteiger partial charge in [-0.2, -0.15) is 5.10 Å². The molecule has 3 aromatic carbocycles. The molecule has 0 spiro atoms. The number of hydrazone groups is 1. The second-order valence-electron chi connectivity index (χ2n) is 6.10. The van der Waals surface area contributed by atoms with E-state index in [2.05, 4.69) is 41.7 Å². The first kappa shape index (κ1) is 16.9. The summed E-state index contributed by atoms with van der Waals surface area (Å²) in [5, 5.41) is 6.49. The van der Waals surface area contributed by atoms with Crippen LogP contribution in [0.5, 0.6) is 0 Å². The fourth-order valence-electron chi connectivity index (χ4n) is 2.85. The summed E-state index contributed by atoms with van der Waals surface area (Å²) in [6.45, 7) is 4.03. The van der Waals surface area contributed by atoms with Gasteiger partial charge in [0.15, 0.2) is 0 Å². The fourth-order valence-corrected chi connectivity index (χ4v) is 2.85. The number of rotatable bonds is 5. The Morgan fingerprint density at radius 2 is 1.68 bits per heavy atom. The van der Waals surface area contributed by atoms with Crippen LogP contribution in [-0.2, 0) is 17.6 Å². The van der Waals surface area contributed by atoms with Crippen LogP contribution in [0, 0.1) is 0 Å². The molecule has 0 aliphatic carbocycles. The molecule has 0 unspecified atom stereocenters. The number of nitrogens with zero attached hydrogens (tertiary/aromatic N) is 1.